The van der Waals surface area contributed by atoms with Gasteiger partial charge in [-0.3, -0.25) is 0 Å². The monoisotopic (exact) mass is 229 g/mol. The molecule has 1 aromatic carbocycles. The van der Waals surface area contributed by atoms with E-state index in [-0.39, 0.29) is 0 Å². The Hall–Kier alpha value is -1.70. The fraction of sp³-hybridized carbons (Fsp3) is 0.333. The van der Waals surface area contributed by atoms with E-state index in [1.807, 2.05) is 12.1 Å². The minimum Gasteiger partial charge on any atom is -0.469 e. The number of hydrogen-bond acceptors (Lipinski definition) is 2. The van der Waals surface area contributed by atoms with Crippen molar-refractivity contribution in [2.45, 2.75) is 33.2 Å². The topological polar surface area (TPSA) is 25.2 Å². The summed E-state index contributed by atoms with van der Waals surface area (Å²) in [6.07, 6.45) is 2.63. The molecule has 0 fully saturated rings. The first-order valence-electron chi connectivity index (χ1n) is 6.02. The lowest BCUT2D eigenvalue weighted by molar-refractivity contribution is 0.497. The van der Waals surface area contributed by atoms with E-state index in [0.29, 0.717) is 6.04 Å². The van der Waals surface area contributed by atoms with Gasteiger partial charge in [-0.05, 0) is 50.1 Å². The van der Waals surface area contributed by atoms with Crippen LogP contribution in [0.2, 0.25) is 0 Å². The highest BCUT2D eigenvalue weighted by atomic mass is 16.3. The van der Waals surface area contributed by atoms with Gasteiger partial charge in [0.1, 0.15) is 5.76 Å². The van der Waals surface area contributed by atoms with Crippen LogP contribution in [0, 0.1) is 13.8 Å². The summed E-state index contributed by atoms with van der Waals surface area (Å²) in [6, 6.07) is 10.7. The zero-order valence-corrected chi connectivity index (χ0v) is 10.7. The van der Waals surface area contributed by atoms with E-state index >= 15 is 0 Å². The first-order valence-corrected chi connectivity index (χ1v) is 6.02. The van der Waals surface area contributed by atoms with Crippen molar-refractivity contribution in [3.05, 3.63) is 53.5 Å². The lowest BCUT2D eigenvalue weighted by Crippen LogP contribution is -2.18. The predicted octanol–water partition coefficient (Wildman–Crippen LogP) is 3.94. The Morgan fingerprint density at radius 3 is 2.71 bits per heavy atom. The first kappa shape index (κ1) is 11.8. The fourth-order valence-corrected chi connectivity index (χ4v) is 1.95. The summed E-state index contributed by atoms with van der Waals surface area (Å²) in [5.41, 5.74) is 3.85. The summed E-state index contributed by atoms with van der Waals surface area (Å²) >= 11 is 0. The van der Waals surface area contributed by atoms with Gasteiger partial charge in [0, 0.05) is 18.2 Å². The summed E-state index contributed by atoms with van der Waals surface area (Å²) in [7, 11) is 0. The van der Waals surface area contributed by atoms with Crippen LogP contribution in [0.5, 0.6) is 0 Å². The molecule has 0 aliphatic heterocycles. The Kier molecular flexibility index (Phi) is 3.52. The summed E-state index contributed by atoms with van der Waals surface area (Å²) in [6.45, 7) is 6.46. The van der Waals surface area contributed by atoms with Crippen LogP contribution in [0.15, 0.2) is 41.0 Å². The fourth-order valence-electron chi connectivity index (χ4n) is 1.95. The van der Waals surface area contributed by atoms with Crippen LogP contribution in [0.4, 0.5) is 5.69 Å². The van der Waals surface area contributed by atoms with E-state index in [0.717, 1.165) is 12.2 Å². The smallest absolute Gasteiger partial charge is 0.105 e. The van der Waals surface area contributed by atoms with E-state index in [1.165, 1.54) is 16.8 Å². The Labute approximate surface area is 103 Å². The van der Waals surface area contributed by atoms with Crippen LogP contribution < -0.4 is 5.32 Å². The summed E-state index contributed by atoms with van der Waals surface area (Å²) in [5, 5.41) is 3.53. The van der Waals surface area contributed by atoms with Gasteiger partial charge in [-0.15, -0.1) is 0 Å². The molecule has 1 aromatic heterocycles. The molecular weight excluding hydrogens is 210 g/mol. The average molecular weight is 229 g/mol. The summed E-state index contributed by atoms with van der Waals surface area (Å²) < 4.78 is 5.36. The molecule has 0 bridgehead atoms. The number of anilines is 1. The van der Waals surface area contributed by atoms with Gasteiger partial charge in [0.2, 0.25) is 0 Å². The van der Waals surface area contributed by atoms with Gasteiger partial charge in [-0.1, -0.05) is 12.1 Å². The van der Waals surface area contributed by atoms with Gasteiger partial charge in [-0.25, -0.2) is 0 Å². The SMILES string of the molecule is Cc1cccc(NC(C)Cc2ccco2)c1C. The second kappa shape index (κ2) is 5.09. The Balaban J connectivity index is 2.03. The van der Waals surface area contributed by atoms with Crippen LogP contribution in [-0.4, -0.2) is 6.04 Å². The molecule has 0 spiro atoms. The van der Waals surface area contributed by atoms with Crippen molar-refractivity contribution in [3.63, 3.8) is 0 Å². The quantitative estimate of drug-likeness (QED) is 0.859. The van der Waals surface area contributed by atoms with Crippen molar-refractivity contribution in [3.8, 4) is 0 Å². The molecule has 0 radical (unpaired) electrons. The second-order valence-electron chi connectivity index (χ2n) is 4.58. The lowest BCUT2D eigenvalue weighted by atomic mass is 10.1. The second-order valence-corrected chi connectivity index (χ2v) is 4.58. The molecule has 0 aliphatic rings. The van der Waals surface area contributed by atoms with E-state index in [2.05, 4.69) is 44.3 Å². The Morgan fingerprint density at radius 2 is 2.00 bits per heavy atom. The van der Waals surface area contributed by atoms with E-state index < -0.39 is 0 Å². The van der Waals surface area contributed by atoms with Crippen molar-refractivity contribution in [2.75, 3.05) is 5.32 Å². The van der Waals surface area contributed by atoms with Gasteiger partial charge in [0.05, 0.1) is 6.26 Å². The minimum atomic E-state index is 0.363. The van der Waals surface area contributed by atoms with E-state index in [4.69, 9.17) is 4.42 Å². The summed E-state index contributed by atoms with van der Waals surface area (Å²) in [5.74, 6) is 1.02. The van der Waals surface area contributed by atoms with Crippen molar-refractivity contribution < 1.29 is 4.42 Å². The van der Waals surface area contributed by atoms with Gasteiger partial charge >= 0.3 is 0 Å². The van der Waals surface area contributed by atoms with Gasteiger partial charge < -0.3 is 9.73 Å². The lowest BCUT2D eigenvalue weighted by Gasteiger charge is -2.17. The van der Waals surface area contributed by atoms with Crippen molar-refractivity contribution in [2.24, 2.45) is 0 Å². The molecule has 1 atom stereocenters. The molecular formula is C15H19NO. The maximum Gasteiger partial charge on any atom is 0.105 e. The van der Waals surface area contributed by atoms with Crippen LogP contribution in [0.1, 0.15) is 23.8 Å². The molecule has 0 saturated carbocycles. The van der Waals surface area contributed by atoms with Gasteiger partial charge in [-0.2, -0.15) is 0 Å². The Morgan fingerprint density at radius 1 is 1.18 bits per heavy atom. The van der Waals surface area contributed by atoms with Gasteiger partial charge in [0.25, 0.3) is 0 Å². The van der Waals surface area contributed by atoms with Crippen LogP contribution in [0.25, 0.3) is 0 Å². The standard InChI is InChI=1S/C15H19NO/c1-11-6-4-8-15(13(11)3)16-12(2)10-14-7-5-9-17-14/h4-9,12,16H,10H2,1-3H3. The zero-order chi connectivity index (χ0) is 12.3. The number of nitrogens with one attached hydrogen (secondary N) is 1. The zero-order valence-electron chi connectivity index (χ0n) is 10.7. The maximum absolute atomic E-state index is 5.36. The highest BCUT2D eigenvalue weighted by Crippen LogP contribution is 2.19. The molecule has 0 aliphatic carbocycles. The third kappa shape index (κ3) is 2.90. The Bertz CT molecular complexity index is 474. The molecule has 1 heterocycles. The molecule has 90 valence electrons. The predicted molar refractivity (Wildman–Crippen MR) is 71.4 cm³/mol. The van der Waals surface area contributed by atoms with Gasteiger partial charge in [0.15, 0.2) is 0 Å². The van der Waals surface area contributed by atoms with E-state index in [1.54, 1.807) is 6.26 Å². The highest BCUT2D eigenvalue weighted by Gasteiger charge is 2.07. The molecule has 17 heavy (non-hydrogen) atoms. The molecule has 1 N–H and O–H groups in total. The number of furan rings is 1. The maximum atomic E-state index is 5.36. The molecule has 1 unspecified atom stereocenters. The molecule has 0 amide bonds. The molecule has 2 rings (SSSR count). The van der Waals surface area contributed by atoms with Crippen molar-refractivity contribution in [1.82, 2.24) is 0 Å². The van der Waals surface area contributed by atoms with Crippen molar-refractivity contribution in [1.29, 1.82) is 0 Å². The first-order chi connectivity index (χ1) is 8.16. The highest BCUT2D eigenvalue weighted by molar-refractivity contribution is 5.54. The van der Waals surface area contributed by atoms with E-state index in [9.17, 15) is 0 Å². The molecule has 2 aromatic rings. The summed E-state index contributed by atoms with van der Waals surface area (Å²) in [4.78, 5) is 0. The molecule has 2 nitrogen and oxygen atoms in total. The minimum absolute atomic E-state index is 0.363. The normalized spacial score (nSPS) is 12.4. The number of rotatable bonds is 4. The third-order valence-corrected chi connectivity index (χ3v) is 3.09. The number of hydrogen-bond donors (Lipinski definition) is 1. The number of aryl methyl sites for hydroxylation is 1. The van der Waals surface area contributed by atoms with Crippen LogP contribution >= 0.6 is 0 Å². The molecule has 0 saturated heterocycles. The third-order valence-electron chi connectivity index (χ3n) is 3.09. The molecule has 2 heteroatoms. The largest absolute Gasteiger partial charge is 0.469 e. The van der Waals surface area contributed by atoms with Crippen LogP contribution in [-0.2, 0) is 6.42 Å². The average Bonchev–Trinajstić information content (AvgIpc) is 2.77. The number of benzene rings is 1. The van der Waals surface area contributed by atoms with Crippen molar-refractivity contribution >= 4 is 5.69 Å². The van der Waals surface area contributed by atoms with Crippen LogP contribution in [0.3, 0.4) is 0 Å².